The standard InChI is InChI=1S/C22H23N5O5/c1-13-18(21(28)30-3)20(19(14(2)25-13)22(29)31-4)16-7-5-6-8-17(16)32-12-15-11-24-26-27(15)10-9-23/h5-8,11,20,25H,10,12H2,1-4H3. The summed E-state index contributed by atoms with van der Waals surface area (Å²) in [6.45, 7) is 3.61. The molecule has 10 heteroatoms. The lowest BCUT2D eigenvalue weighted by atomic mass is 9.80. The Kier molecular flexibility index (Phi) is 6.90. The van der Waals surface area contributed by atoms with Crippen LogP contribution in [-0.2, 0) is 32.2 Å². The topological polar surface area (TPSA) is 128 Å². The number of methoxy groups -OCH3 is 2. The molecule has 3 rings (SSSR count). The summed E-state index contributed by atoms with van der Waals surface area (Å²) in [5.74, 6) is -1.46. The van der Waals surface area contributed by atoms with Gasteiger partial charge in [0.2, 0.25) is 0 Å². The Balaban J connectivity index is 2.07. The van der Waals surface area contributed by atoms with E-state index >= 15 is 0 Å². The number of hydrogen-bond donors (Lipinski definition) is 1. The number of carbonyl (C=O) groups is 2. The molecule has 1 N–H and O–H groups in total. The molecule has 0 bridgehead atoms. The van der Waals surface area contributed by atoms with Gasteiger partial charge in [0.25, 0.3) is 0 Å². The van der Waals surface area contributed by atoms with E-state index < -0.39 is 17.9 Å². The molecule has 0 saturated heterocycles. The normalized spacial score (nSPS) is 14.0. The van der Waals surface area contributed by atoms with E-state index in [0.29, 0.717) is 28.4 Å². The lowest BCUT2D eigenvalue weighted by molar-refractivity contribution is -0.137. The van der Waals surface area contributed by atoms with Crippen molar-refractivity contribution in [3.8, 4) is 11.8 Å². The number of nitrogens with zero attached hydrogens (tertiary/aromatic N) is 4. The molecule has 1 aromatic heterocycles. The first kappa shape index (κ1) is 22.6. The summed E-state index contributed by atoms with van der Waals surface area (Å²) in [5, 5.41) is 19.7. The lowest BCUT2D eigenvalue weighted by Gasteiger charge is -2.30. The number of aromatic nitrogens is 3. The van der Waals surface area contributed by atoms with Crippen LogP contribution in [0.2, 0.25) is 0 Å². The van der Waals surface area contributed by atoms with Gasteiger partial charge in [0, 0.05) is 17.0 Å². The van der Waals surface area contributed by atoms with Crippen LogP contribution in [0.15, 0.2) is 53.0 Å². The first-order valence-corrected chi connectivity index (χ1v) is 9.74. The Hall–Kier alpha value is -4.13. The highest BCUT2D eigenvalue weighted by Gasteiger charge is 2.39. The highest BCUT2D eigenvalue weighted by Crippen LogP contribution is 2.42. The molecular formula is C22H23N5O5. The largest absolute Gasteiger partial charge is 0.487 e. The van der Waals surface area contributed by atoms with Crippen LogP contribution in [0.1, 0.15) is 31.0 Å². The van der Waals surface area contributed by atoms with Gasteiger partial charge in [0.15, 0.2) is 0 Å². The van der Waals surface area contributed by atoms with Crippen molar-refractivity contribution in [1.29, 1.82) is 5.26 Å². The van der Waals surface area contributed by atoms with Crippen LogP contribution in [0, 0.1) is 11.3 Å². The molecule has 0 fully saturated rings. The fraction of sp³-hybridized carbons (Fsp3) is 0.318. The highest BCUT2D eigenvalue weighted by atomic mass is 16.5. The first-order chi connectivity index (χ1) is 15.4. The number of ether oxygens (including phenoxy) is 3. The Labute approximate surface area is 185 Å². The summed E-state index contributed by atoms with van der Waals surface area (Å²) < 4.78 is 17.5. The van der Waals surface area contributed by atoms with Crippen LogP contribution in [0.4, 0.5) is 0 Å². The zero-order chi connectivity index (χ0) is 23.3. The number of allylic oxidation sites excluding steroid dienone is 2. The maximum absolute atomic E-state index is 12.7. The smallest absolute Gasteiger partial charge is 0.336 e. The molecule has 2 aromatic rings. The molecule has 0 spiro atoms. The van der Waals surface area contributed by atoms with E-state index in [1.165, 1.54) is 25.1 Å². The van der Waals surface area contributed by atoms with Gasteiger partial charge in [0.05, 0.1) is 49.2 Å². The molecule has 0 radical (unpaired) electrons. The summed E-state index contributed by atoms with van der Waals surface area (Å²) >= 11 is 0. The molecule has 0 aliphatic carbocycles. The number of rotatable bonds is 7. The molecule has 0 saturated carbocycles. The van der Waals surface area contributed by atoms with Crippen molar-refractivity contribution in [2.75, 3.05) is 14.2 Å². The molecule has 1 aromatic carbocycles. The number of para-hydroxylation sites is 1. The first-order valence-electron chi connectivity index (χ1n) is 9.74. The summed E-state index contributed by atoms with van der Waals surface area (Å²) in [5.41, 5.74) is 2.90. The number of benzene rings is 1. The number of dihydropyridines is 1. The Morgan fingerprint density at radius 3 is 2.34 bits per heavy atom. The third-order valence-corrected chi connectivity index (χ3v) is 5.09. The van der Waals surface area contributed by atoms with Crippen LogP contribution in [0.3, 0.4) is 0 Å². The molecule has 166 valence electrons. The van der Waals surface area contributed by atoms with Gasteiger partial charge in [0.1, 0.15) is 18.9 Å². The molecule has 0 unspecified atom stereocenters. The van der Waals surface area contributed by atoms with Gasteiger partial charge in [-0.3, -0.25) is 0 Å². The number of hydrogen-bond acceptors (Lipinski definition) is 9. The molecular weight excluding hydrogens is 414 g/mol. The minimum atomic E-state index is -0.769. The summed E-state index contributed by atoms with van der Waals surface area (Å²) in [6.07, 6.45) is 1.51. The fourth-order valence-electron chi connectivity index (χ4n) is 3.66. The van der Waals surface area contributed by atoms with Crippen molar-refractivity contribution in [2.45, 2.75) is 32.9 Å². The zero-order valence-electron chi connectivity index (χ0n) is 18.2. The summed E-state index contributed by atoms with van der Waals surface area (Å²) in [4.78, 5) is 25.4. The average molecular weight is 437 g/mol. The second-order valence-corrected chi connectivity index (χ2v) is 6.99. The molecule has 2 heterocycles. The number of carbonyl (C=O) groups excluding carboxylic acids is 2. The third kappa shape index (κ3) is 4.32. The van der Waals surface area contributed by atoms with Gasteiger partial charge < -0.3 is 19.5 Å². The Morgan fingerprint density at radius 1 is 1.12 bits per heavy atom. The molecule has 10 nitrogen and oxygen atoms in total. The van der Waals surface area contributed by atoms with Gasteiger partial charge in [-0.25, -0.2) is 14.3 Å². The average Bonchev–Trinajstić information content (AvgIpc) is 3.23. The predicted molar refractivity (Wildman–Crippen MR) is 112 cm³/mol. The van der Waals surface area contributed by atoms with E-state index in [1.54, 1.807) is 38.1 Å². The Bertz CT molecular complexity index is 1100. The minimum Gasteiger partial charge on any atom is -0.487 e. The van der Waals surface area contributed by atoms with Gasteiger partial charge in [-0.15, -0.1) is 5.10 Å². The molecule has 0 atom stereocenters. The van der Waals surface area contributed by atoms with Crippen molar-refractivity contribution in [3.05, 3.63) is 64.3 Å². The van der Waals surface area contributed by atoms with Crippen molar-refractivity contribution in [2.24, 2.45) is 0 Å². The molecule has 1 aliphatic rings. The number of esters is 2. The number of nitrogens with one attached hydrogen (secondary N) is 1. The van der Waals surface area contributed by atoms with Gasteiger partial charge >= 0.3 is 11.9 Å². The van der Waals surface area contributed by atoms with Gasteiger partial charge in [-0.05, 0) is 19.9 Å². The maximum Gasteiger partial charge on any atom is 0.336 e. The van der Waals surface area contributed by atoms with Crippen LogP contribution in [-0.4, -0.2) is 41.2 Å². The number of nitriles is 1. The second kappa shape index (κ2) is 9.78. The quantitative estimate of drug-likeness (QED) is 0.646. The van der Waals surface area contributed by atoms with Crippen molar-refractivity contribution < 1.29 is 23.8 Å². The van der Waals surface area contributed by atoms with Crippen molar-refractivity contribution >= 4 is 11.9 Å². The predicted octanol–water partition coefficient (Wildman–Crippen LogP) is 1.96. The fourth-order valence-corrected chi connectivity index (χ4v) is 3.66. The Morgan fingerprint density at radius 2 is 1.75 bits per heavy atom. The van der Waals surface area contributed by atoms with Gasteiger partial charge in [-0.1, -0.05) is 23.4 Å². The summed E-state index contributed by atoms with van der Waals surface area (Å²) in [7, 11) is 2.57. The van der Waals surface area contributed by atoms with Crippen molar-refractivity contribution in [3.63, 3.8) is 0 Å². The van der Waals surface area contributed by atoms with Crippen molar-refractivity contribution in [1.82, 2.24) is 20.3 Å². The second-order valence-electron chi connectivity index (χ2n) is 6.99. The van der Waals surface area contributed by atoms with E-state index in [9.17, 15) is 9.59 Å². The zero-order valence-corrected chi connectivity index (χ0v) is 18.2. The third-order valence-electron chi connectivity index (χ3n) is 5.09. The van der Waals surface area contributed by atoms with Crippen LogP contribution in [0.5, 0.6) is 5.75 Å². The summed E-state index contributed by atoms with van der Waals surface area (Å²) in [6, 6.07) is 9.11. The van der Waals surface area contributed by atoms with E-state index in [-0.39, 0.29) is 24.3 Å². The van der Waals surface area contributed by atoms with Crippen LogP contribution >= 0.6 is 0 Å². The van der Waals surface area contributed by atoms with E-state index in [4.69, 9.17) is 19.5 Å². The molecule has 0 amide bonds. The van der Waals surface area contributed by atoms with E-state index in [1.807, 2.05) is 6.07 Å². The monoisotopic (exact) mass is 437 g/mol. The lowest BCUT2D eigenvalue weighted by Crippen LogP contribution is -2.32. The highest BCUT2D eigenvalue weighted by molar-refractivity contribution is 6.00. The van der Waals surface area contributed by atoms with E-state index in [2.05, 4.69) is 15.6 Å². The van der Waals surface area contributed by atoms with Gasteiger partial charge in [-0.2, -0.15) is 5.26 Å². The molecule has 1 aliphatic heterocycles. The minimum absolute atomic E-state index is 0.0392. The van der Waals surface area contributed by atoms with Crippen LogP contribution in [0.25, 0.3) is 0 Å². The molecule has 32 heavy (non-hydrogen) atoms. The van der Waals surface area contributed by atoms with Crippen LogP contribution < -0.4 is 10.1 Å². The maximum atomic E-state index is 12.7. The van der Waals surface area contributed by atoms with E-state index in [0.717, 1.165) is 0 Å². The SMILES string of the molecule is COC(=O)C1=C(C)NC(C)=C(C(=O)OC)C1c1ccccc1OCc1cnnn1CC#N.